The summed E-state index contributed by atoms with van der Waals surface area (Å²) in [6.45, 7) is -9.54. The molecule has 0 aliphatic carbocycles. The van der Waals surface area contributed by atoms with Crippen molar-refractivity contribution >= 4 is 54.8 Å². The molecule has 0 saturated heterocycles. The van der Waals surface area contributed by atoms with Crippen molar-refractivity contribution in [2.75, 3.05) is 106 Å². The van der Waals surface area contributed by atoms with E-state index < -0.39 is 152 Å². The van der Waals surface area contributed by atoms with Crippen molar-refractivity contribution in [2.24, 2.45) is 11.8 Å². The van der Waals surface area contributed by atoms with Gasteiger partial charge in [0.15, 0.2) is 0 Å². The van der Waals surface area contributed by atoms with Gasteiger partial charge in [0.25, 0.3) is 54.8 Å². The van der Waals surface area contributed by atoms with Gasteiger partial charge in [-0.25, -0.2) is 0 Å². The largest absolute Gasteiger partial charge is 0.756 e. The molecule has 0 spiro atoms. The van der Waals surface area contributed by atoms with E-state index in [4.69, 9.17) is 10.00 Å². The van der Waals surface area contributed by atoms with Gasteiger partial charge in [0, 0.05) is 25.0 Å². The third-order valence-electron chi connectivity index (χ3n) is 5.65. The van der Waals surface area contributed by atoms with Gasteiger partial charge >= 0.3 is 0 Å². The highest BCUT2D eigenvalue weighted by atomic mass is 31.2. The Kier molecular flexibility index (Phi) is 28.7. The summed E-state index contributed by atoms with van der Waals surface area (Å²) < 4.78 is 138. The minimum atomic E-state index is -5.19. The number of hydrogen-bond donors (Lipinski definition) is 3. The quantitative estimate of drug-likeness (QED) is 0.0396. The zero-order chi connectivity index (χ0) is 43.9. The summed E-state index contributed by atoms with van der Waals surface area (Å²) in [6, 6.07) is 0. The minimum Gasteiger partial charge on any atom is -0.756 e. The van der Waals surface area contributed by atoms with Crippen LogP contribution < -0.4 is 39.6 Å². The molecule has 0 aromatic carbocycles. The zero-order valence-corrected chi connectivity index (χ0v) is 36.3. The third kappa shape index (κ3) is 33.9. The first-order chi connectivity index (χ1) is 26.2. The summed E-state index contributed by atoms with van der Waals surface area (Å²) >= 11 is 0. The third-order valence-corrected chi connectivity index (χ3v) is 12.0. The summed E-state index contributed by atoms with van der Waals surface area (Å²) in [5, 5.41) is 11.8. The molecule has 30 nitrogen and oxygen atoms in total. The van der Waals surface area contributed by atoms with Gasteiger partial charge in [-0.2, -0.15) is 0 Å². The van der Waals surface area contributed by atoms with Crippen molar-refractivity contribution in [3.63, 3.8) is 0 Å². The Balaban J connectivity index is 4.24. The van der Waals surface area contributed by atoms with Crippen molar-refractivity contribution in [1.29, 1.82) is 0 Å². The van der Waals surface area contributed by atoms with E-state index in [2.05, 4.69) is 64.1 Å². The summed E-state index contributed by atoms with van der Waals surface area (Å²) in [7, 11) is -34.0. The molecule has 3 N–H and O–H groups in total. The fourth-order valence-corrected chi connectivity index (χ4v) is 7.67. The van der Waals surface area contributed by atoms with Crippen molar-refractivity contribution in [2.45, 2.75) is 13.3 Å². The maximum Gasteiger partial charge on any atom is 0.268 e. The Morgan fingerprint density at radius 2 is 0.667 bits per heavy atom. The molecule has 0 amide bonds. The second-order valence-corrected chi connectivity index (χ2v) is 19.9. The SMILES string of the molecule is CCC(COP(=O)([O-])O)COP(=O)([O-])OCCOP(=O)([O-])OCCOP(=O)([O-])OCCOP(=O)([O-])OCCOP(=O)([O-])OCCOP(=O)([O-])OCC(CO)CNC. The van der Waals surface area contributed by atoms with Crippen LogP contribution in [0.4, 0.5) is 0 Å². The molecule has 37 heteroatoms. The molecular formula is C20H43NO29P7-7. The number of phosphoric acid groups is 7. The average Bonchev–Trinajstić information content (AvgIpc) is 3.09. The first kappa shape index (κ1) is 57.7. The first-order valence-electron chi connectivity index (χ1n) is 15.7. The molecule has 0 heterocycles. The van der Waals surface area contributed by atoms with Gasteiger partial charge in [0.05, 0.1) is 85.9 Å². The number of rotatable bonds is 38. The Labute approximate surface area is 326 Å². The number of hydrogen-bond acceptors (Lipinski definition) is 29. The van der Waals surface area contributed by atoms with Crippen LogP contribution in [-0.4, -0.2) is 116 Å². The predicted molar refractivity (Wildman–Crippen MR) is 171 cm³/mol. The van der Waals surface area contributed by atoms with Crippen LogP contribution in [0.1, 0.15) is 13.3 Å². The van der Waals surface area contributed by atoms with Gasteiger partial charge in [-0.15, -0.1) is 0 Å². The molecule has 0 aliphatic heterocycles. The standard InChI is InChI=1S/C20H50NO29P7/c1-3-19(16-48-51(23,24)25)17-49-56(34,35)46-12-10-44-54(30,31)42-8-6-40-52(26,27)38-4-5-39-53(28,29)41-7-9-43-55(32,33)45-11-13-47-57(36,37)50-18-20(15-22)14-21-2/h19-22H,3-18H2,1-2H3,(H,26,27)(H,28,29)(H,30,31)(H,32,33)(H,34,35)(H,36,37)(H2,23,24,25)/p-7. The monoisotopic (exact) mass is 978 g/mol. The summed E-state index contributed by atoms with van der Waals surface area (Å²) in [5.41, 5.74) is 0. The van der Waals surface area contributed by atoms with Crippen LogP contribution in [0.2, 0.25) is 0 Å². The summed E-state index contributed by atoms with van der Waals surface area (Å²) in [6.07, 6.45) is 0.173. The van der Waals surface area contributed by atoms with Crippen LogP contribution in [0.5, 0.6) is 0 Å². The van der Waals surface area contributed by atoms with Gasteiger partial charge in [-0.05, 0) is 13.5 Å². The lowest BCUT2D eigenvalue weighted by atomic mass is 10.1. The highest BCUT2D eigenvalue weighted by Gasteiger charge is 2.19. The smallest absolute Gasteiger partial charge is 0.268 e. The van der Waals surface area contributed by atoms with Crippen LogP contribution in [0, 0.1) is 11.8 Å². The van der Waals surface area contributed by atoms with Crippen LogP contribution in [0.25, 0.3) is 0 Å². The number of nitrogens with one attached hydrogen (secondary N) is 1. The molecule has 9 atom stereocenters. The Morgan fingerprint density at radius 3 is 0.877 bits per heavy atom. The molecule has 0 bridgehead atoms. The highest BCUT2D eigenvalue weighted by Crippen LogP contribution is 2.44. The Morgan fingerprint density at radius 1 is 0.439 bits per heavy atom. The summed E-state index contributed by atoms with van der Waals surface area (Å²) in [5.74, 6) is -1.36. The topological polar surface area (TPSA) is 453 Å². The maximum absolute atomic E-state index is 11.8. The molecule has 0 fully saturated rings. The molecule has 57 heavy (non-hydrogen) atoms. The summed E-state index contributed by atoms with van der Waals surface area (Å²) in [4.78, 5) is 89.7. The molecule has 344 valence electrons. The second kappa shape index (κ2) is 28.4. The van der Waals surface area contributed by atoms with Crippen LogP contribution in [-0.2, 0) is 90.8 Å². The van der Waals surface area contributed by atoms with Gasteiger partial charge in [-0.3, -0.25) is 32.0 Å². The van der Waals surface area contributed by atoms with Gasteiger partial charge < -0.3 is 108 Å². The lowest BCUT2D eigenvalue weighted by molar-refractivity contribution is -0.238. The Hall–Kier alpha value is 0.690. The molecule has 0 aliphatic rings. The molecule has 0 saturated carbocycles. The lowest BCUT2D eigenvalue weighted by Crippen LogP contribution is -2.27. The normalized spacial score (nSPS) is 20.8. The van der Waals surface area contributed by atoms with E-state index in [9.17, 15) is 66.2 Å². The maximum atomic E-state index is 11.8. The first-order valence-corrected chi connectivity index (χ1v) is 26.0. The van der Waals surface area contributed by atoms with Gasteiger partial charge in [0.1, 0.15) is 0 Å². The lowest BCUT2D eigenvalue weighted by Gasteiger charge is -2.27. The highest BCUT2D eigenvalue weighted by molar-refractivity contribution is 7.47. The van der Waals surface area contributed by atoms with E-state index in [1.54, 1.807) is 7.05 Å². The molecular weight excluding hydrogens is 935 g/mol. The second-order valence-electron chi connectivity index (χ2n) is 10.3. The van der Waals surface area contributed by atoms with Crippen LogP contribution >= 0.6 is 54.8 Å². The molecule has 9 unspecified atom stereocenters. The molecule has 0 radical (unpaired) electrons. The van der Waals surface area contributed by atoms with E-state index >= 15 is 0 Å². The zero-order valence-electron chi connectivity index (χ0n) is 30.0. The van der Waals surface area contributed by atoms with Crippen molar-refractivity contribution in [1.82, 2.24) is 5.32 Å². The predicted octanol–water partition coefficient (Wildman–Crippen LogP) is -3.67. The molecule has 0 aromatic rings. The number of aliphatic hydroxyl groups excluding tert-OH is 1. The van der Waals surface area contributed by atoms with Gasteiger partial charge in [-0.1, -0.05) is 6.92 Å². The number of phosphoric ester groups is 7. The van der Waals surface area contributed by atoms with E-state index in [-0.39, 0.29) is 19.6 Å². The minimum absolute atomic E-state index is 0.173. The van der Waals surface area contributed by atoms with E-state index in [0.29, 0.717) is 0 Å². The molecule has 0 rings (SSSR count). The van der Waals surface area contributed by atoms with Crippen molar-refractivity contribution < 1.29 is 135 Å². The van der Waals surface area contributed by atoms with Crippen LogP contribution in [0.15, 0.2) is 0 Å². The van der Waals surface area contributed by atoms with Crippen LogP contribution in [0.3, 0.4) is 0 Å². The average molecular weight is 978 g/mol. The Bertz CT molecular complexity index is 1460. The fourth-order valence-electron chi connectivity index (χ4n) is 3.06. The van der Waals surface area contributed by atoms with Crippen molar-refractivity contribution in [3.8, 4) is 0 Å². The molecule has 0 aromatic heterocycles. The van der Waals surface area contributed by atoms with E-state index in [1.165, 1.54) is 6.92 Å². The van der Waals surface area contributed by atoms with Gasteiger partial charge in [0.2, 0.25) is 0 Å². The number of aliphatic hydroxyl groups is 1. The fraction of sp³-hybridized carbons (Fsp3) is 1.00. The van der Waals surface area contributed by atoms with E-state index in [0.717, 1.165) is 0 Å². The van der Waals surface area contributed by atoms with E-state index in [1.807, 2.05) is 0 Å². The van der Waals surface area contributed by atoms with Crippen molar-refractivity contribution in [3.05, 3.63) is 0 Å².